The van der Waals surface area contributed by atoms with E-state index in [1.807, 2.05) is 12.3 Å². The van der Waals surface area contributed by atoms with E-state index in [1.165, 1.54) is 11.1 Å². The molecule has 1 aromatic heterocycles. The minimum atomic E-state index is 0.455. The zero-order chi connectivity index (χ0) is 13.2. The van der Waals surface area contributed by atoms with Crippen molar-refractivity contribution >= 4 is 5.82 Å². The predicted molar refractivity (Wildman–Crippen MR) is 79.2 cm³/mol. The Morgan fingerprint density at radius 3 is 1.95 bits per heavy atom. The molecule has 0 N–H and O–H groups in total. The molecule has 0 aliphatic carbocycles. The van der Waals surface area contributed by atoms with Crippen LogP contribution in [-0.2, 0) is 0 Å². The smallest absolute Gasteiger partial charge is 0.129 e. The van der Waals surface area contributed by atoms with E-state index in [9.17, 15) is 0 Å². The molecule has 0 fully saturated rings. The number of hydrogen-bond acceptors (Lipinski definition) is 2. The Balaban J connectivity index is 2.10. The van der Waals surface area contributed by atoms with Crippen molar-refractivity contribution < 1.29 is 0 Å². The summed E-state index contributed by atoms with van der Waals surface area (Å²) in [6, 6.07) is 15.9. The summed E-state index contributed by atoms with van der Waals surface area (Å²) in [6.45, 7) is 4.52. The molecular weight excluding hydrogens is 232 g/mol. The molecule has 0 saturated heterocycles. The third-order valence-electron chi connectivity index (χ3n) is 4.07. The molecular formula is C17H20N2. The molecule has 0 spiro atoms. The predicted octanol–water partition coefficient (Wildman–Crippen LogP) is 4.50. The molecule has 1 aromatic carbocycles. The summed E-state index contributed by atoms with van der Waals surface area (Å²) in [5, 5.41) is 0. The molecule has 1 aliphatic rings. The fourth-order valence-electron chi connectivity index (χ4n) is 3.29. The van der Waals surface area contributed by atoms with Gasteiger partial charge in [0.05, 0.1) is 12.1 Å². The first-order valence-electron chi connectivity index (χ1n) is 7.15. The fraction of sp³-hybridized carbons (Fsp3) is 0.353. The average Bonchev–Trinajstić information content (AvgIpc) is 2.81. The van der Waals surface area contributed by atoms with Gasteiger partial charge in [-0.15, -0.1) is 0 Å². The second-order valence-corrected chi connectivity index (χ2v) is 5.07. The van der Waals surface area contributed by atoms with E-state index < -0.39 is 0 Å². The van der Waals surface area contributed by atoms with Crippen molar-refractivity contribution in [3.63, 3.8) is 0 Å². The Bertz CT molecular complexity index is 519. The lowest BCUT2D eigenvalue weighted by atomic mass is 10.00. The van der Waals surface area contributed by atoms with Crippen LogP contribution in [0.4, 0.5) is 5.82 Å². The quantitative estimate of drug-likeness (QED) is 0.799. The van der Waals surface area contributed by atoms with E-state index in [0.29, 0.717) is 12.1 Å². The first-order chi connectivity index (χ1) is 9.36. The molecule has 3 rings (SSSR count). The second kappa shape index (κ2) is 5.04. The van der Waals surface area contributed by atoms with Gasteiger partial charge in [0.25, 0.3) is 0 Å². The first-order valence-corrected chi connectivity index (χ1v) is 7.15. The zero-order valence-electron chi connectivity index (χ0n) is 11.6. The Kier molecular flexibility index (Phi) is 3.24. The highest BCUT2D eigenvalue weighted by Crippen LogP contribution is 2.46. The van der Waals surface area contributed by atoms with Crippen LogP contribution >= 0.6 is 0 Å². The molecule has 2 nitrogen and oxygen atoms in total. The number of aromatic nitrogens is 1. The third-order valence-corrected chi connectivity index (χ3v) is 4.07. The van der Waals surface area contributed by atoms with Gasteiger partial charge in [-0.3, -0.25) is 0 Å². The Morgan fingerprint density at radius 1 is 0.895 bits per heavy atom. The molecule has 98 valence electrons. The largest absolute Gasteiger partial charge is 0.343 e. The monoisotopic (exact) mass is 252 g/mol. The topological polar surface area (TPSA) is 16.1 Å². The van der Waals surface area contributed by atoms with Gasteiger partial charge in [-0.05, 0) is 36.1 Å². The van der Waals surface area contributed by atoms with Crippen LogP contribution in [0.2, 0.25) is 0 Å². The SMILES string of the molecule is CCC1c2ccccc2C(CC)N1c1ccccn1. The normalized spacial score (nSPS) is 21.5. The van der Waals surface area contributed by atoms with Crippen LogP contribution in [0.5, 0.6) is 0 Å². The maximum absolute atomic E-state index is 4.57. The molecule has 2 heterocycles. The molecule has 0 radical (unpaired) electrons. The maximum Gasteiger partial charge on any atom is 0.129 e. The van der Waals surface area contributed by atoms with E-state index >= 15 is 0 Å². The third kappa shape index (κ3) is 1.92. The van der Waals surface area contributed by atoms with Crippen LogP contribution in [0, 0.1) is 0 Å². The standard InChI is InChI=1S/C17H20N2/c1-3-15-13-9-5-6-10-14(13)16(4-2)19(15)17-11-7-8-12-18-17/h5-12,15-16H,3-4H2,1-2H3. The van der Waals surface area contributed by atoms with Gasteiger partial charge < -0.3 is 4.90 Å². The van der Waals surface area contributed by atoms with Gasteiger partial charge in [-0.25, -0.2) is 4.98 Å². The van der Waals surface area contributed by atoms with Gasteiger partial charge in [0.1, 0.15) is 5.82 Å². The molecule has 0 bridgehead atoms. The van der Waals surface area contributed by atoms with Crippen molar-refractivity contribution in [2.75, 3.05) is 4.90 Å². The molecule has 2 heteroatoms. The number of nitrogens with zero attached hydrogens (tertiary/aromatic N) is 2. The maximum atomic E-state index is 4.57. The zero-order valence-corrected chi connectivity index (χ0v) is 11.6. The van der Waals surface area contributed by atoms with Crippen LogP contribution in [0.15, 0.2) is 48.7 Å². The summed E-state index contributed by atoms with van der Waals surface area (Å²) >= 11 is 0. The lowest BCUT2D eigenvalue weighted by Gasteiger charge is -2.31. The molecule has 2 aromatic rings. The van der Waals surface area contributed by atoms with E-state index in [2.05, 4.69) is 60.1 Å². The molecule has 0 saturated carbocycles. The fourth-order valence-corrected chi connectivity index (χ4v) is 3.29. The van der Waals surface area contributed by atoms with Crippen molar-refractivity contribution in [3.05, 3.63) is 59.8 Å². The lowest BCUT2D eigenvalue weighted by Crippen LogP contribution is -2.26. The summed E-state index contributed by atoms with van der Waals surface area (Å²) in [4.78, 5) is 7.06. The number of pyridine rings is 1. The average molecular weight is 252 g/mol. The van der Waals surface area contributed by atoms with Crippen LogP contribution in [0.1, 0.15) is 49.9 Å². The molecule has 2 atom stereocenters. The number of anilines is 1. The van der Waals surface area contributed by atoms with Gasteiger partial charge in [-0.2, -0.15) is 0 Å². The summed E-state index contributed by atoms with van der Waals surface area (Å²) in [5.74, 6) is 1.09. The van der Waals surface area contributed by atoms with Crippen LogP contribution < -0.4 is 4.90 Å². The van der Waals surface area contributed by atoms with E-state index in [-0.39, 0.29) is 0 Å². The molecule has 1 aliphatic heterocycles. The highest BCUT2D eigenvalue weighted by Gasteiger charge is 2.36. The number of hydrogen-bond donors (Lipinski definition) is 0. The second-order valence-electron chi connectivity index (χ2n) is 5.07. The highest BCUT2D eigenvalue weighted by molar-refractivity contribution is 5.53. The van der Waals surface area contributed by atoms with E-state index in [1.54, 1.807) is 0 Å². The van der Waals surface area contributed by atoms with Gasteiger partial charge in [0.15, 0.2) is 0 Å². The summed E-state index contributed by atoms with van der Waals surface area (Å²) in [5.41, 5.74) is 2.95. The summed E-state index contributed by atoms with van der Waals surface area (Å²) in [7, 11) is 0. The van der Waals surface area contributed by atoms with Crippen molar-refractivity contribution in [1.29, 1.82) is 0 Å². The molecule has 2 unspecified atom stereocenters. The number of benzene rings is 1. The Hall–Kier alpha value is -1.83. The minimum absolute atomic E-state index is 0.455. The molecule has 19 heavy (non-hydrogen) atoms. The molecule has 0 amide bonds. The summed E-state index contributed by atoms with van der Waals surface area (Å²) in [6.07, 6.45) is 4.12. The van der Waals surface area contributed by atoms with Crippen LogP contribution in [0.3, 0.4) is 0 Å². The van der Waals surface area contributed by atoms with Crippen molar-refractivity contribution in [1.82, 2.24) is 4.98 Å². The van der Waals surface area contributed by atoms with Crippen molar-refractivity contribution in [3.8, 4) is 0 Å². The van der Waals surface area contributed by atoms with Gasteiger partial charge in [-0.1, -0.05) is 44.2 Å². The first kappa shape index (κ1) is 12.2. The van der Waals surface area contributed by atoms with E-state index in [0.717, 1.165) is 18.7 Å². The Labute approximate surface area is 115 Å². The van der Waals surface area contributed by atoms with Gasteiger partial charge in [0, 0.05) is 6.20 Å². The Morgan fingerprint density at radius 2 is 1.47 bits per heavy atom. The van der Waals surface area contributed by atoms with Crippen molar-refractivity contribution in [2.45, 2.75) is 38.8 Å². The minimum Gasteiger partial charge on any atom is -0.343 e. The van der Waals surface area contributed by atoms with Gasteiger partial charge >= 0.3 is 0 Å². The number of fused-ring (bicyclic) bond motifs is 1. The van der Waals surface area contributed by atoms with Crippen molar-refractivity contribution in [2.24, 2.45) is 0 Å². The van der Waals surface area contributed by atoms with Gasteiger partial charge in [0.2, 0.25) is 0 Å². The lowest BCUT2D eigenvalue weighted by molar-refractivity contribution is 0.553. The van der Waals surface area contributed by atoms with Crippen LogP contribution in [0.25, 0.3) is 0 Å². The summed E-state index contributed by atoms with van der Waals surface area (Å²) < 4.78 is 0. The van der Waals surface area contributed by atoms with E-state index in [4.69, 9.17) is 0 Å². The number of rotatable bonds is 3. The van der Waals surface area contributed by atoms with Crippen LogP contribution in [-0.4, -0.2) is 4.98 Å². The highest BCUT2D eigenvalue weighted by atomic mass is 15.3.